The Morgan fingerprint density at radius 3 is 2.78 bits per heavy atom. The molecule has 1 N–H and O–H groups in total. The smallest absolute Gasteiger partial charge is 0.243 e. The van der Waals surface area contributed by atoms with Gasteiger partial charge in [0.15, 0.2) is 0 Å². The highest BCUT2D eigenvalue weighted by atomic mass is 32.2. The van der Waals surface area contributed by atoms with Gasteiger partial charge in [0, 0.05) is 12.2 Å². The van der Waals surface area contributed by atoms with Gasteiger partial charge in [0.05, 0.1) is 20.6 Å². The van der Waals surface area contributed by atoms with E-state index in [0.717, 1.165) is 15.8 Å². The van der Waals surface area contributed by atoms with Crippen molar-refractivity contribution in [1.29, 1.82) is 0 Å². The van der Waals surface area contributed by atoms with Crippen LogP contribution in [0, 0.1) is 6.92 Å². The van der Waals surface area contributed by atoms with Crippen molar-refractivity contribution < 1.29 is 13.2 Å². The minimum Gasteiger partial charge on any atom is -0.325 e. The second-order valence-corrected chi connectivity index (χ2v) is 9.39. The summed E-state index contributed by atoms with van der Waals surface area (Å²) in [5.74, 6) is -0.299. The zero-order valence-corrected chi connectivity index (χ0v) is 16.4. The highest BCUT2D eigenvalue weighted by molar-refractivity contribution is 7.89. The van der Waals surface area contributed by atoms with E-state index in [0.29, 0.717) is 25.1 Å². The molecule has 1 aromatic heterocycles. The van der Waals surface area contributed by atoms with Crippen molar-refractivity contribution in [2.24, 2.45) is 0 Å². The molecule has 1 aliphatic rings. The molecule has 0 aliphatic carbocycles. The summed E-state index contributed by atoms with van der Waals surface area (Å²) in [6.45, 7) is 2.25. The van der Waals surface area contributed by atoms with Crippen LogP contribution >= 0.6 is 11.3 Å². The van der Waals surface area contributed by atoms with Gasteiger partial charge in [0.1, 0.15) is 6.04 Å². The van der Waals surface area contributed by atoms with Crippen LogP contribution in [0.25, 0.3) is 10.2 Å². The molecule has 27 heavy (non-hydrogen) atoms. The van der Waals surface area contributed by atoms with Gasteiger partial charge in [-0.2, -0.15) is 4.31 Å². The van der Waals surface area contributed by atoms with Crippen LogP contribution in [-0.2, 0) is 14.8 Å². The standard InChI is InChI=1S/C19H19N3O3S2/c1-13-4-7-15(8-5-13)27(24,25)22-10-2-3-17(22)19(23)21-14-6-9-16-18(11-14)26-12-20-16/h4-9,11-12,17H,2-3,10H2,1H3,(H,21,23). The van der Waals surface area contributed by atoms with Crippen LogP contribution in [-0.4, -0.2) is 36.2 Å². The Labute approximate surface area is 161 Å². The zero-order valence-electron chi connectivity index (χ0n) is 14.8. The fraction of sp³-hybridized carbons (Fsp3) is 0.263. The third kappa shape index (κ3) is 3.47. The molecule has 6 nitrogen and oxygen atoms in total. The Balaban J connectivity index is 1.56. The highest BCUT2D eigenvalue weighted by Crippen LogP contribution is 2.28. The number of sulfonamides is 1. The second-order valence-electron chi connectivity index (χ2n) is 6.61. The van der Waals surface area contributed by atoms with Crippen LogP contribution in [0.5, 0.6) is 0 Å². The van der Waals surface area contributed by atoms with Gasteiger partial charge in [-0.1, -0.05) is 17.7 Å². The summed E-state index contributed by atoms with van der Waals surface area (Å²) in [7, 11) is -3.70. The number of thiazole rings is 1. The summed E-state index contributed by atoms with van der Waals surface area (Å²) < 4.78 is 28.3. The van der Waals surface area contributed by atoms with E-state index in [4.69, 9.17) is 0 Å². The average molecular weight is 402 g/mol. The first-order chi connectivity index (χ1) is 12.9. The predicted octanol–water partition coefficient (Wildman–Crippen LogP) is 3.40. The molecule has 0 radical (unpaired) electrons. The lowest BCUT2D eigenvalue weighted by atomic mass is 10.2. The fourth-order valence-electron chi connectivity index (χ4n) is 3.29. The Kier molecular flexibility index (Phi) is 4.71. The Morgan fingerprint density at radius 1 is 1.22 bits per heavy atom. The first kappa shape index (κ1) is 18.1. The van der Waals surface area contributed by atoms with Crippen LogP contribution in [0.1, 0.15) is 18.4 Å². The summed E-state index contributed by atoms with van der Waals surface area (Å²) in [6, 6.07) is 11.5. The molecule has 1 fully saturated rings. The van der Waals surface area contributed by atoms with Gasteiger partial charge < -0.3 is 5.32 Å². The number of carbonyl (C=O) groups is 1. The molecular formula is C19H19N3O3S2. The van der Waals surface area contributed by atoms with Gasteiger partial charge in [-0.25, -0.2) is 13.4 Å². The van der Waals surface area contributed by atoms with E-state index in [1.54, 1.807) is 35.8 Å². The number of carbonyl (C=O) groups excluding carboxylic acids is 1. The monoisotopic (exact) mass is 401 g/mol. The molecule has 4 rings (SSSR count). The van der Waals surface area contributed by atoms with Gasteiger partial charge in [-0.3, -0.25) is 4.79 Å². The van der Waals surface area contributed by atoms with Crippen LogP contribution in [0.3, 0.4) is 0 Å². The van der Waals surface area contributed by atoms with E-state index in [-0.39, 0.29) is 10.8 Å². The number of nitrogens with one attached hydrogen (secondary N) is 1. The maximum absolute atomic E-state index is 13.0. The summed E-state index contributed by atoms with van der Waals surface area (Å²) in [5.41, 5.74) is 4.27. The number of aryl methyl sites for hydroxylation is 1. The van der Waals surface area contributed by atoms with E-state index in [2.05, 4.69) is 10.3 Å². The van der Waals surface area contributed by atoms with Crippen molar-refractivity contribution in [3.8, 4) is 0 Å². The molecule has 3 aromatic rings. The molecule has 0 spiro atoms. The maximum Gasteiger partial charge on any atom is 0.243 e. The number of fused-ring (bicyclic) bond motifs is 1. The normalized spacial score (nSPS) is 18.0. The maximum atomic E-state index is 13.0. The quantitative estimate of drug-likeness (QED) is 0.727. The summed E-state index contributed by atoms with van der Waals surface area (Å²) in [5, 5.41) is 2.86. The van der Waals surface area contributed by atoms with Gasteiger partial charge in [0.25, 0.3) is 0 Å². The second kappa shape index (κ2) is 7.03. The lowest BCUT2D eigenvalue weighted by Gasteiger charge is -2.23. The van der Waals surface area contributed by atoms with Crippen LogP contribution in [0.4, 0.5) is 5.69 Å². The number of aromatic nitrogens is 1. The molecule has 1 atom stereocenters. The lowest BCUT2D eigenvalue weighted by Crippen LogP contribution is -2.43. The van der Waals surface area contributed by atoms with Gasteiger partial charge in [-0.05, 0) is 50.1 Å². The number of hydrogen-bond donors (Lipinski definition) is 1. The molecule has 0 saturated carbocycles. The molecule has 1 aliphatic heterocycles. The van der Waals surface area contributed by atoms with Crippen molar-refractivity contribution in [3.63, 3.8) is 0 Å². The number of benzene rings is 2. The lowest BCUT2D eigenvalue weighted by molar-refractivity contribution is -0.119. The van der Waals surface area contributed by atoms with Crippen molar-refractivity contribution in [3.05, 3.63) is 53.5 Å². The van der Waals surface area contributed by atoms with Gasteiger partial charge in [-0.15, -0.1) is 11.3 Å². The molecule has 1 saturated heterocycles. The Bertz CT molecular complexity index is 1090. The van der Waals surface area contributed by atoms with E-state index >= 15 is 0 Å². The average Bonchev–Trinajstić information content (AvgIpc) is 3.31. The third-order valence-electron chi connectivity index (χ3n) is 4.73. The van der Waals surface area contributed by atoms with Crippen molar-refractivity contribution in [1.82, 2.24) is 9.29 Å². The largest absolute Gasteiger partial charge is 0.325 e. The first-order valence-electron chi connectivity index (χ1n) is 8.68. The minimum atomic E-state index is -3.70. The van der Waals surface area contributed by atoms with Crippen molar-refractivity contribution >= 4 is 43.2 Å². The van der Waals surface area contributed by atoms with Crippen LogP contribution in [0.15, 0.2) is 52.9 Å². The molecule has 2 heterocycles. The van der Waals surface area contributed by atoms with E-state index < -0.39 is 16.1 Å². The molecule has 8 heteroatoms. The Morgan fingerprint density at radius 2 is 2.00 bits per heavy atom. The van der Waals surface area contributed by atoms with Crippen molar-refractivity contribution in [2.75, 3.05) is 11.9 Å². The van der Waals surface area contributed by atoms with E-state index in [9.17, 15) is 13.2 Å². The summed E-state index contributed by atoms with van der Waals surface area (Å²) >= 11 is 1.50. The highest BCUT2D eigenvalue weighted by Gasteiger charge is 2.39. The number of anilines is 1. The van der Waals surface area contributed by atoms with E-state index in [1.807, 2.05) is 19.1 Å². The van der Waals surface area contributed by atoms with Crippen LogP contribution < -0.4 is 5.32 Å². The SMILES string of the molecule is Cc1ccc(S(=O)(=O)N2CCCC2C(=O)Nc2ccc3ncsc3c2)cc1. The van der Waals surface area contributed by atoms with Crippen molar-refractivity contribution in [2.45, 2.75) is 30.7 Å². The summed E-state index contributed by atoms with van der Waals surface area (Å²) in [4.78, 5) is 17.2. The number of hydrogen-bond acceptors (Lipinski definition) is 5. The number of nitrogens with zero attached hydrogens (tertiary/aromatic N) is 2. The molecule has 1 amide bonds. The van der Waals surface area contributed by atoms with E-state index in [1.165, 1.54) is 15.6 Å². The minimum absolute atomic E-state index is 0.221. The molecule has 0 bridgehead atoms. The molecule has 140 valence electrons. The topological polar surface area (TPSA) is 79.4 Å². The van der Waals surface area contributed by atoms with Crippen LogP contribution in [0.2, 0.25) is 0 Å². The molecule has 1 unspecified atom stereocenters. The number of rotatable bonds is 4. The molecule has 2 aromatic carbocycles. The first-order valence-corrected chi connectivity index (χ1v) is 11.0. The van der Waals surface area contributed by atoms with Gasteiger partial charge >= 0.3 is 0 Å². The summed E-state index contributed by atoms with van der Waals surface area (Å²) in [6.07, 6.45) is 1.18. The fourth-order valence-corrected chi connectivity index (χ4v) is 5.67. The molecular weight excluding hydrogens is 382 g/mol. The van der Waals surface area contributed by atoms with Gasteiger partial charge in [0.2, 0.25) is 15.9 Å². The Hall–Kier alpha value is -2.29. The predicted molar refractivity (Wildman–Crippen MR) is 106 cm³/mol. The zero-order chi connectivity index (χ0) is 19.0. The third-order valence-corrected chi connectivity index (χ3v) is 7.45. The number of amides is 1.